The number of amides is 1. The van der Waals surface area contributed by atoms with Crippen LogP contribution in [0.1, 0.15) is 17.3 Å². The number of benzene rings is 2. The van der Waals surface area contributed by atoms with Crippen LogP contribution in [-0.4, -0.2) is 34.1 Å². The number of non-ortho nitro benzene ring substituents is 1. The van der Waals surface area contributed by atoms with E-state index in [-0.39, 0.29) is 17.3 Å². The molecule has 3 aromatic rings. The van der Waals surface area contributed by atoms with Gasteiger partial charge in [0.15, 0.2) is 4.34 Å². The summed E-state index contributed by atoms with van der Waals surface area (Å²) in [5.74, 6) is -0.493. The number of nitro benzene ring substituents is 1. The number of carbonyl (C=O) groups is 2. The van der Waals surface area contributed by atoms with Crippen LogP contribution in [0.3, 0.4) is 0 Å². The van der Waals surface area contributed by atoms with Crippen molar-refractivity contribution >= 4 is 56.6 Å². The molecule has 1 aromatic heterocycles. The van der Waals surface area contributed by atoms with E-state index in [0.717, 1.165) is 0 Å². The molecule has 1 heterocycles. The highest BCUT2D eigenvalue weighted by molar-refractivity contribution is 8.01. The number of hydrogen-bond acceptors (Lipinski definition) is 8. The summed E-state index contributed by atoms with van der Waals surface area (Å²) in [5.41, 5.74) is 1.65. The van der Waals surface area contributed by atoms with Gasteiger partial charge in [0, 0.05) is 17.8 Å². The lowest BCUT2D eigenvalue weighted by atomic mass is 10.2. The second-order valence-corrected chi connectivity index (χ2v) is 7.78. The minimum Gasteiger partial charge on any atom is -0.462 e. The summed E-state index contributed by atoms with van der Waals surface area (Å²) >= 11 is 2.56. The number of carbonyl (C=O) groups excluding carboxylic acids is 2. The monoisotopic (exact) mass is 417 g/mol. The summed E-state index contributed by atoms with van der Waals surface area (Å²) in [6, 6.07) is 10.9. The zero-order valence-electron chi connectivity index (χ0n) is 14.7. The SMILES string of the molecule is CCOC(=O)c1ccc(NC(=O)CSc2nc3ccc([N+](=O)[O-])cc3s2)cc1. The highest BCUT2D eigenvalue weighted by atomic mass is 32.2. The summed E-state index contributed by atoms with van der Waals surface area (Å²) in [4.78, 5) is 38.5. The van der Waals surface area contributed by atoms with Crippen LogP contribution in [0, 0.1) is 10.1 Å². The van der Waals surface area contributed by atoms with E-state index in [1.54, 1.807) is 37.3 Å². The summed E-state index contributed by atoms with van der Waals surface area (Å²) in [6.45, 7) is 2.03. The van der Waals surface area contributed by atoms with Crippen molar-refractivity contribution in [2.45, 2.75) is 11.3 Å². The van der Waals surface area contributed by atoms with Crippen molar-refractivity contribution in [3.05, 3.63) is 58.1 Å². The van der Waals surface area contributed by atoms with Crippen LogP contribution >= 0.6 is 23.1 Å². The molecule has 2 aromatic carbocycles. The van der Waals surface area contributed by atoms with E-state index >= 15 is 0 Å². The molecule has 0 saturated heterocycles. The second-order valence-electron chi connectivity index (χ2n) is 5.52. The Labute approximate surface area is 168 Å². The standard InChI is InChI=1S/C18H15N3O5S2/c1-2-26-17(23)11-3-5-12(6-4-11)19-16(22)10-27-18-20-14-8-7-13(21(24)25)9-15(14)28-18/h3-9H,2,10H2,1H3,(H,19,22). The van der Waals surface area contributed by atoms with Gasteiger partial charge in [-0.25, -0.2) is 9.78 Å². The lowest BCUT2D eigenvalue weighted by molar-refractivity contribution is -0.384. The lowest BCUT2D eigenvalue weighted by Gasteiger charge is -2.06. The Bertz CT molecular complexity index is 1030. The number of thioether (sulfide) groups is 1. The maximum atomic E-state index is 12.1. The van der Waals surface area contributed by atoms with E-state index in [0.29, 0.717) is 32.4 Å². The number of ether oxygens (including phenoxy) is 1. The molecule has 1 amide bonds. The zero-order chi connectivity index (χ0) is 20.1. The Morgan fingerprint density at radius 1 is 1.25 bits per heavy atom. The number of nitro groups is 1. The number of aromatic nitrogens is 1. The highest BCUT2D eigenvalue weighted by Crippen LogP contribution is 2.31. The van der Waals surface area contributed by atoms with Crippen molar-refractivity contribution < 1.29 is 19.2 Å². The molecule has 8 nitrogen and oxygen atoms in total. The average molecular weight is 417 g/mol. The predicted octanol–water partition coefficient (Wildman–Crippen LogP) is 4.11. The van der Waals surface area contributed by atoms with E-state index in [4.69, 9.17) is 4.74 Å². The molecule has 144 valence electrons. The Kier molecular flexibility index (Phi) is 6.22. The van der Waals surface area contributed by atoms with E-state index in [1.807, 2.05) is 0 Å². The average Bonchev–Trinajstić information content (AvgIpc) is 3.09. The van der Waals surface area contributed by atoms with Gasteiger partial charge in [-0.15, -0.1) is 11.3 Å². The van der Waals surface area contributed by atoms with Gasteiger partial charge in [0.2, 0.25) is 5.91 Å². The molecule has 0 unspecified atom stereocenters. The Morgan fingerprint density at radius 2 is 2.00 bits per heavy atom. The van der Waals surface area contributed by atoms with Gasteiger partial charge in [-0.2, -0.15) is 0 Å². The van der Waals surface area contributed by atoms with Crippen LogP contribution in [0.5, 0.6) is 0 Å². The molecule has 0 saturated carbocycles. The van der Waals surface area contributed by atoms with Crippen molar-refractivity contribution in [2.24, 2.45) is 0 Å². The number of hydrogen-bond donors (Lipinski definition) is 1. The fourth-order valence-electron chi connectivity index (χ4n) is 2.30. The van der Waals surface area contributed by atoms with E-state index in [2.05, 4.69) is 10.3 Å². The lowest BCUT2D eigenvalue weighted by Crippen LogP contribution is -2.14. The van der Waals surface area contributed by atoms with Gasteiger partial charge in [-0.1, -0.05) is 11.8 Å². The maximum Gasteiger partial charge on any atom is 0.338 e. The molecule has 0 aliphatic heterocycles. The third-order valence-corrected chi connectivity index (χ3v) is 5.73. The first-order chi connectivity index (χ1) is 13.5. The van der Waals surface area contributed by atoms with Crippen LogP contribution in [0.25, 0.3) is 10.2 Å². The molecule has 0 bridgehead atoms. The number of esters is 1. The zero-order valence-corrected chi connectivity index (χ0v) is 16.3. The maximum absolute atomic E-state index is 12.1. The van der Waals surface area contributed by atoms with Crippen LogP contribution in [0.15, 0.2) is 46.8 Å². The number of fused-ring (bicyclic) bond motifs is 1. The number of thiazole rings is 1. The van der Waals surface area contributed by atoms with Gasteiger partial charge in [-0.3, -0.25) is 14.9 Å². The summed E-state index contributed by atoms with van der Waals surface area (Å²) in [7, 11) is 0. The van der Waals surface area contributed by atoms with E-state index in [1.165, 1.54) is 35.2 Å². The van der Waals surface area contributed by atoms with Crippen molar-refractivity contribution in [3.8, 4) is 0 Å². The molecular weight excluding hydrogens is 402 g/mol. The molecule has 0 spiro atoms. The summed E-state index contributed by atoms with van der Waals surface area (Å²) in [5, 5.41) is 13.6. The highest BCUT2D eigenvalue weighted by Gasteiger charge is 2.12. The molecular formula is C18H15N3O5S2. The first-order valence-electron chi connectivity index (χ1n) is 8.21. The van der Waals surface area contributed by atoms with Crippen molar-refractivity contribution in [1.29, 1.82) is 0 Å². The number of anilines is 1. The first-order valence-corrected chi connectivity index (χ1v) is 10.0. The van der Waals surface area contributed by atoms with Crippen molar-refractivity contribution in [2.75, 3.05) is 17.7 Å². The third-order valence-electron chi connectivity index (χ3n) is 3.57. The number of nitrogens with zero attached hydrogens (tertiary/aromatic N) is 2. The Hall–Kier alpha value is -2.98. The van der Waals surface area contributed by atoms with Crippen LogP contribution in [-0.2, 0) is 9.53 Å². The van der Waals surface area contributed by atoms with E-state index in [9.17, 15) is 19.7 Å². The second kappa shape index (κ2) is 8.81. The molecule has 1 N–H and O–H groups in total. The van der Waals surface area contributed by atoms with Gasteiger partial charge in [0.25, 0.3) is 5.69 Å². The fraction of sp³-hybridized carbons (Fsp3) is 0.167. The minimum atomic E-state index is -0.452. The Balaban J connectivity index is 1.57. The van der Waals surface area contributed by atoms with Crippen molar-refractivity contribution in [3.63, 3.8) is 0 Å². The number of nitrogens with one attached hydrogen (secondary N) is 1. The number of rotatable bonds is 7. The third kappa shape index (κ3) is 4.84. The van der Waals surface area contributed by atoms with Crippen LogP contribution in [0.2, 0.25) is 0 Å². The molecule has 3 rings (SSSR count). The first kappa shape index (κ1) is 19.8. The molecule has 10 heteroatoms. The smallest absolute Gasteiger partial charge is 0.338 e. The summed E-state index contributed by atoms with van der Waals surface area (Å²) < 4.78 is 6.27. The molecule has 28 heavy (non-hydrogen) atoms. The predicted molar refractivity (Wildman–Crippen MR) is 108 cm³/mol. The van der Waals surface area contributed by atoms with Gasteiger partial charge < -0.3 is 10.1 Å². The quantitative estimate of drug-likeness (QED) is 0.266. The topological polar surface area (TPSA) is 111 Å². The molecule has 0 aliphatic carbocycles. The van der Waals surface area contributed by atoms with Gasteiger partial charge in [-0.05, 0) is 37.3 Å². The van der Waals surface area contributed by atoms with Crippen LogP contribution in [0.4, 0.5) is 11.4 Å². The normalized spacial score (nSPS) is 10.6. The molecule has 0 radical (unpaired) electrons. The molecule has 0 atom stereocenters. The molecule has 0 aliphatic rings. The minimum absolute atomic E-state index is 0.0108. The van der Waals surface area contributed by atoms with Crippen LogP contribution < -0.4 is 5.32 Å². The Morgan fingerprint density at radius 3 is 2.68 bits per heavy atom. The van der Waals surface area contributed by atoms with Crippen molar-refractivity contribution in [1.82, 2.24) is 4.98 Å². The summed E-state index contributed by atoms with van der Waals surface area (Å²) in [6.07, 6.45) is 0. The van der Waals surface area contributed by atoms with Gasteiger partial charge in [0.1, 0.15) is 0 Å². The van der Waals surface area contributed by atoms with Gasteiger partial charge in [0.05, 0.1) is 33.1 Å². The van der Waals surface area contributed by atoms with E-state index < -0.39 is 10.9 Å². The largest absolute Gasteiger partial charge is 0.462 e. The van der Waals surface area contributed by atoms with Gasteiger partial charge >= 0.3 is 5.97 Å². The fourth-order valence-corrected chi connectivity index (χ4v) is 4.20. The molecule has 0 fully saturated rings.